The van der Waals surface area contributed by atoms with Crippen LogP contribution in [0.2, 0.25) is 0 Å². The lowest BCUT2D eigenvalue weighted by atomic mass is 10.2. The van der Waals surface area contributed by atoms with Gasteiger partial charge in [0.25, 0.3) is 0 Å². The predicted molar refractivity (Wildman–Crippen MR) is 79.3 cm³/mol. The Morgan fingerprint density at radius 1 is 1.15 bits per heavy atom. The van der Waals surface area contributed by atoms with E-state index >= 15 is 0 Å². The average Bonchev–Trinajstić information content (AvgIpc) is 3.17. The fourth-order valence-electron chi connectivity index (χ4n) is 1.90. The van der Waals surface area contributed by atoms with E-state index in [1.807, 2.05) is 30.3 Å². The molecule has 0 aliphatic rings. The molecule has 0 aliphatic heterocycles. The maximum Gasteiger partial charge on any atom is 0.247 e. The summed E-state index contributed by atoms with van der Waals surface area (Å²) in [6, 6.07) is 14.2. The molecular weight excluding hydrogens is 270 g/mol. The van der Waals surface area contributed by atoms with E-state index in [0.717, 1.165) is 5.56 Å². The van der Waals surface area contributed by atoms with Crippen molar-refractivity contribution in [2.45, 2.75) is 19.5 Å². The first-order valence-electron chi connectivity index (χ1n) is 6.47. The second-order valence-electron chi connectivity index (χ2n) is 4.48. The lowest BCUT2D eigenvalue weighted by Gasteiger charge is -2.09. The van der Waals surface area contributed by atoms with Crippen molar-refractivity contribution in [1.82, 2.24) is 15.5 Å². The van der Waals surface area contributed by atoms with Gasteiger partial charge in [0, 0.05) is 16.5 Å². The average molecular weight is 285 g/mol. The topological polar surface area (TPSA) is 51.0 Å². The second-order valence-corrected chi connectivity index (χ2v) is 5.46. The number of hydrogen-bond acceptors (Lipinski definition) is 5. The van der Waals surface area contributed by atoms with Gasteiger partial charge in [-0.1, -0.05) is 24.3 Å². The monoisotopic (exact) mass is 285 g/mol. The molecule has 0 saturated carbocycles. The quantitative estimate of drug-likeness (QED) is 0.777. The van der Waals surface area contributed by atoms with Crippen LogP contribution < -0.4 is 5.32 Å². The van der Waals surface area contributed by atoms with Gasteiger partial charge in [0.2, 0.25) is 11.8 Å². The number of thiophene rings is 1. The molecule has 1 atom stereocenters. The molecule has 3 aromatic rings. The third kappa shape index (κ3) is 2.95. The van der Waals surface area contributed by atoms with Gasteiger partial charge in [-0.15, -0.1) is 21.5 Å². The number of hydrogen-bond donors (Lipinski definition) is 1. The standard InChI is InChI=1S/C15H15N3OS/c1-11(13-8-5-9-20-13)16-10-14-17-18-15(19-14)12-6-3-2-4-7-12/h2-9,11,16H,10H2,1H3. The molecule has 1 aromatic carbocycles. The summed E-state index contributed by atoms with van der Waals surface area (Å²) in [7, 11) is 0. The number of rotatable bonds is 5. The lowest BCUT2D eigenvalue weighted by molar-refractivity contribution is 0.456. The Balaban J connectivity index is 1.63. The molecule has 2 aromatic heterocycles. The molecule has 0 bridgehead atoms. The van der Waals surface area contributed by atoms with Crippen LogP contribution in [-0.2, 0) is 6.54 Å². The number of aromatic nitrogens is 2. The summed E-state index contributed by atoms with van der Waals surface area (Å²) in [5, 5.41) is 13.6. The van der Waals surface area contributed by atoms with Crippen molar-refractivity contribution < 1.29 is 4.42 Å². The van der Waals surface area contributed by atoms with Crippen molar-refractivity contribution in [3.63, 3.8) is 0 Å². The molecule has 4 nitrogen and oxygen atoms in total. The Bertz CT molecular complexity index is 649. The van der Waals surface area contributed by atoms with Crippen molar-refractivity contribution in [3.8, 4) is 11.5 Å². The number of nitrogens with zero attached hydrogens (tertiary/aromatic N) is 2. The van der Waals surface area contributed by atoms with E-state index in [0.29, 0.717) is 18.3 Å². The maximum absolute atomic E-state index is 5.66. The van der Waals surface area contributed by atoms with Crippen molar-refractivity contribution in [2.75, 3.05) is 0 Å². The molecule has 1 N–H and O–H groups in total. The smallest absolute Gasteiger partial charge is 0.247 e. The molecule has 3 rings (SSSR count). The Kier molecular flexibility index (Phi) is 3.90. The van der Waals surface area contributed by atoms with Crippen molar-refractivity contribution >= 4 is 11.3 Å². The van der Waals surface area contributed by atoms with E-state index in [2.05, 4.69) is 40.0 Å². The van der Waals surface area contributed by atoms with Crippen LogP contribution in [0.5, 0.6) is 0 Å². The molecule has 0 radical (unpaired) electrons. The normalized spacial score (nSPS) is 12.4. The number of benzene rings is 1. The van der Waals surface area contributed by atoms with Gasteiger partial charge in [-0.05, 0) is 30.5 Å². The molecule has 0 saturated heterocycles. The summed E-state index contributed by atoms with van der Waals surface area (Å²) in [4.78, 5) is 1.30. The van der Waals surface area contributed by atoms with E-state index in [-0.39, 0.29) is 6.04 Å². The molecule has 1 unspecified atom stereocenters. The Morgan fingerprint density at radius 3 is 2.75 bits per heavy atom. The highest BCUT2D eigenvalue weighted by Gasteiger charge is 2.10. The second kappa shape index (κ2) is 5.98. The maximum atomic E-state index is 5.66. The Hall–Kier alpha value is -1.98. The minimum atomic E-state index is 0.280. The van der Waals surface area contributed by atoms with E-state index in [4.69, 9.17) is 4.42 Å². The van der Waals surface area contributed by atoms with Crippen LogP contribution in [-0.4, -0.2) is 10.2 Å². The van der Waals surface area contributed by atoms with Gasteiger partial charge >= 0.3 is 0 Å². The zero-order valence-corrected chi connectivity index (χ0v) is 11.9. The predicted octanol–water partition coefficient (Wildman–Crippen LogP) is 3.65. The Labute approximate surface area is 121 Å². The fourth-order valence-corrected chi connectivity index (χ4v) is 2.66. The minimum absolute atomic E-state index is 0.280. The third-order valence-corrected chi connectivity index (χ3v) is 4.07. The molecule has 2 heterocycles. The van der Waals surface area contributed by atoms with Crippen molar-refractivity contribution in [3.05, 3.63) is 58.6 Å². The number of nitrogens with one attached hydrogen (secondary N) is 1. The summed E-state index contributed by atoms with van der Waals surface area (Å²) >= 11 is 1.74. The van der Waals surface area contributed by atoms with Crippen molar-refractivity contribution in [1.29, 1.82) is 0 Å². The van der Waals surface area contributed by atoms with Crippen LogP contribution in [0.4, 0.5) is 0 Å². The molecular formula is C15H15N3OS. The van der Waals surface area contributed by atoms with Gasteiger partial charge in [-0.25, -0.2) is 0 Å². The van der Waals surface area contributed by atoms with Gasteiger partial charge in [0.15, 0.2) is 0 Å². The molecule has 102 valence electrons. The molecule has 0 amide bonds. The first-order valence-corrected chi connectivity index (χ1v) is 7.35. The highest BCUT2D eigenvalue weighted by molar-refractivity contribution is 7.10. The molecule has 0 aliphatic carbocycles. The van der Waals surface area contributed by atoms with Gasteiger partial charge < -0.3 is 9.73 Å². The lowest BCUT2D eigenvalue weighted by Crippen LogP contribution is -2.17. The summed E-state index contributed by atoms with van der Waals surface area (Å²) < 4.78 is 5.66. The van der Waals surface area contributed by atoms with E-state index < -0.39 is 0 Å². The summed E-state index contributed by atoms with van der Waals surface area (Å²) in [5.74, 6) is 1.17. The van der Waals surface area contributed by atoms with Crippen LogP contribution in [0.1, 0.15) is 23.7 Å². The van der Waals surface area contributed by atoms with E-state index in [1.54, 1.807) is 11.3 Å². The highest BCUT2D eigenvalue weighted by atomic mass is 32.1. The molecule has 5 heteroatoms. The fraction of sp³-hybridized carbons (Fsp3) is 0.200. The van der Waals surface area contributed by atoms with Crippen LogP contribution in [0.15, 0.2) is 52.3 Å². The third-order valence-electron chi connectivity index (χ3n) is 3.02. The van der Waals surface area contributed by atoms with Crippen molar-refractivity contribution in [2.24, 2.45) is 0 Å². The van der Waals surface area contributed by atoms with Gasteiger partial charge in [-0.3, -0.25) is 0 Å². The summed E-state index contributed by atoms with van der Waals surface area (Å²) in [6.45, 7) is 2.69. The van der Waals surface area contributed by atoms with Gasteiger partial charge in [0.1, 0.15) is 0 Å². The SMILES string of the molecule is CC(NCc1nnc(-c2ccccc2)o1)c1cccs1. The van der Waals surface area contributed by atoms with Crippen LogP contribution >= 0.6 is 11.3 Å². The molecule has 0 spiro atoms. The van der Waals surface area contributed by atoms with Crippen LogP contribution in [0.25, 0.3) is 11.5 Å². The van der Waals surface area contributed by atoms with E-state index in [9.17, 15) is 0 Å². The molecule has 0 fully saturated rings. The summed E-state index contributed by atoms with van der Waals surface area (Å²) in [6.07, 6.45) is 0. The van der Waals surface area contributed by atoms with E-state index in [1.165, 1.54) is 4.88 Å². The zero-order valence-electron chi connectivity index (χ0n) is 11.1. The zero-order chi connectivity index (χ0) is 13.8. The first-order chi connectivity index (χ1) is 9.83. The highest BCUT2D eigenvalue weighted by Crippen LogP contribution is 2.20. The van der Waals surface area contributed by atoms with Gasteiger partial charge in [-0.2, -0.15) is 0 Å². The first kappa shape index (κ1) is 13.0. The molecule has 20 heavy (non-hydrogen) atoms. The minimum Gasteiger partial charge on any atom is -0.419 e. The summed E-state index contributed by atoms with van der Waals surface area (Å²) in [5.41, 5.74) is 0.942. The van der Waals surface area contributed by atoms with Crippen LogP contribution in [0.3, 0.4) is 0 Å². The van der Waals surface area contributed by atoms with Gasteiger partial charge in [0.05, 0.1) is 6.54 Å². The Morgan fingerprint density at radius 2 is 2.00 bits per heavy atom. The largest absolute Gasteiger partial charge is 0.419 e. The van der Waals surface area contributed by atoms with Crippen LogP contribution in [0, 0.1) is 0 Å².